The van der Waals surface area contributed by atoms with Gasteiger partial charge in [0.25, 0.3) is 5.91 Å². The van der Waals surface area contributed by atoms with Crippen LogP contribution in [0.2, 0.25) is 10.0 Å². The molecule has 0 radical (unpaired) electrons. The molecule has 0 aromatic heterocycles. The molecule has 0 bridgehead atoms. The minimum atomic E-state index is -3.64. The van der Waals surface area contributed by atoms with Gasteiger partial charge in [-0.25, -0.2) is 13.2 Å². The molecule has 1 saturated heterocycles. The minimum Gasteiger partial charge on any atom is -0.452 e. The number of nitrogens with zero attached hydrogens (tertiary/aromatic N) is 1. The third-order valence-corrected chi connectivity index (χ3v) is 7.79. The Morgan fingerprint density at radius 3 is 2.31 bits per heavy atom. The number of amides is 1. The number of hydrogen-bond donors (Lipinski definition) is 1. The molecule has 2 aromatic carbocycles. The van der Waals surface area contributed by atoms with Crippen molar-refractivity contribution in [2.24, 2.45) is 11.8 Å². The molecule has 1 aliphatic heterocycles. The maximum Gasteiger partial charge on any atom is 0.338 e. The van der Waals surface area contributed by atoms with Gasteiger partial charge in [-0.1, -0.05) is 43.1 Å². The van der Waals surface area contributed by atoms with Crippen LogP contribution in [0.4, 0.5) is 5.69 Å². The summed E-state index contributed by atoms with van der Waals surface area (Å²) in [5, 5.41) is 2.98. The van der Waals surface area contributed by atoms with Gasteiger partial charge in [0.2, 0.25) is 10.0 Å². The molecular formula is C22H24Cl2N2O5S. The zero-order valence-electron chi connectivity index (χ0n) is 17.7. The predicted molar refractivity (Wildman–Crippen MR) is 124 cm³/mol. The van der Waals surface area contributed by atoms with Crippen molar-refractivity contribution in [3.05, 3.63) is 58.1 Å². The number of anilines is 1. The summed E-state index contributed by atoms with van der Waals surface area (Å²) in [4.78, 5) is 24.4. The van der Waals surface area contributed by atoms with Gasteiger partial charge < -0.3 is 10.1 Å². The highest BCUT2D eigenvalue weighted by Crippen LogP contribution is 2.29. The lowest BCUT2D eigenvalue weighted by atomic mass is 9.94. The Balaban J connectivity index is 1.60. The summed E-state index contributed by atoms with van der Waals surface area (Å²) < 4.78 is 32.4. The van der Waals surface area contributed by atoms with Crippen LogP contribution in [0.25, 0.3) is 0 Å². The first-order valence-electron chi connectivity index (χ1n) is 10.1. The van der Waals surface area contributed by atoms with E-state index in [4.69, 9.17) is 27.9 Å². The number of ether oxygens (including phenoxy) is 1. The number of carbonyl (C=O) groups excluding carboxylic acids is 2. The molecule has 1 aliphatic rings. The van der Waals surface area contributed by atoms with Crippen LogP contribution in [0.15, 0.2) is 47.4 Å². The van der Waals surface area contributed by atoms with Crippen molar-refractivity contribution in [3.8, 4) is 0 Å². The SMILES string of the molecule is C[C@@H]1C[C@H](C)CN(S(=O)(=O)c2ccc(C(=O)OCC(=O)Nc3cccc(Cl)c3Cl)cc2)C1. The van der Waals surface area contributed by atoms with Crippen molar-refractivity contribution < 1.29 is 22.7 Å². The summed E-state index contributed by atoms with van der Waals surface area (Å²) in [6.45, 7) is 4.48. The topological polar surface area (TPSA) is 92.8 Å². The van der Waals surface area contributed by atoms with Crippen molar-refractivity contribution >= 4 is 50.8 Å². The van der Waals surface area contributed by atoms with Crippen LogP contribution in [0.3, 0.4) is 0 Å². The Kier molecular flexibility index (Phi) is 7.82. The molecule has 172 valence electrons. The summed E-state index contributed by atoms with van der Waals surface area (Å²) >= 11 is 11.9. The quantitative estimate of drug-likeness (QED) is 0.593. The smallest absolute Gasteiger partial charge is 0.338 e. The van der Waals surface area contributed by atoms with E-state index < -0.39 is 28.5 Å². The third-order valence-electron chi connectivity index (χ3n) is 5.12. The molecular weight excluding hydrogens is 475 g/mol. The molecule has 2 aromatic rings. The van der Waals surface area contributed by atoms with Gasteiger partial charge in [0, 0.05) is 13.1 Å². The molecule has 1 fully saturated rings. The number of piperidine rings is 1. The summed E-state index contributed by atoms with van der Waals surface area (Å²) in [5.74, 6) is -0.761. The van der Waals surface area contributed by atoms with Crippen LogP contribution in [0, 0.1) is 11.8 Å². The van der Waals surface area contributed by atoms with Crippen LogP contribution in [0.5, 0.6) is 0 Å². The van der Waals surface area contributed by atoms with Gasteiger partial charge >= 0.3 is 5.97 Å². The Morgan fingerprint density at radius 2 is 1.69 bits per heavy atom. The number of benzene rings is 2. The van der Waals surface area contributed by atoms with Gasteiger partial charge in [-0.2, -0.15) is 4.31 Å². The number of sulfonamides is 1. The number of esters is 1. The van der Waals surface area contributed by atoms with Crippen molar-refractivity contribution in [3.63, 3.8) is 0 Å². The Labute approximate surface area is 197 Å². The zero-order chi connectivity index (χ0) is 23.5. The lowest BCUT2D eigenvalue weighted by Gasteiger charge is -2.34. The Morgan fingerprint density at radius 1 is 1.06 bits per heavy atom. The molecule has 0 saturated carbocycles. The fourth-order valence-electron chi connectivity index (χ4n) is 3.72. The van der Waals surface area contributed by atoms with E-state index >= 15 is 0 Å². The summed E-state index contributed by atoms with van der Waals surface area (Å²) in [7, 11) is -3.64. The Hall–Kier alpha value is -2.13. The van der Waals surface area contributed by atoms with E-state index in [0.717, 1.165) is 6.42 Å². The van der Waals surface area contributed by atoms with Gasteiger partial charge in [-0.3, -0.25) is 4.79 Å². The first kappa shape index (κ1) is 24.5. The maximum absolute atomic E-state index is 12.9. The molecule has 32 heavy (non-hydrogen) atoms. The van der Waals surface area contributed by atoms with E-state index in [1.54, 1.807) is 18.2 Å². The summed E-state index contributed by atoms with van der Waals surface area (Å²) in [6, 6.07) is 10.3. The normalized spacial score (nSPS) is 19.4. The monoisotopic (exact) mass is 498 g/mol. The van der Waals surface area contributed by atoms with E-state index in [1.165, 1.54) is 28.6 Å². The average Bonchev–Trinajstić information content (AvgIpc) is 2.74. The third kappa shape index (κ3) is 5.81. The highest BCUT2D eigenvalue weighted by Gasteiger charge is 2.31. The van der Waals surface area contributed by atoms with E-state index in [1.807, 2.05) is 13.8 Å². The molecule has 10 heteroatoms. The first-order chi connectivity index (χ1) is 15.1. The van der Waals surface area contributed by atoms with E-state index in [2.05, 4.69) is 5.32 Å². The lowest BCUT2D eigenvalue weighted by Crippen LogP contribution is -2.42. The molecule has 1 amide bonds. The van der Waals surface area contributed by atoms with Gasteiger partial charge in [-0.15, -0.1) is 0 Å². The minimum absolute atomic E-state index is 0.115. The zero-order valence-corrected chi connectivity index (χ0v) is 20.0. The molecule has 0 spiro atoms. The fourth-order valence-corrected chi connectivity index (χ4v) is 5.74. The molecule has 3 rings (SSSR count). The second-order valence-electron chi connectivity index (χ2n) is 8.02. The second-order valence-corrected chi connectivity index (χ2v) is 10.7. The van der Waals surface area contributed by atoms with Crippen molar-refractivity contribution in [1.29, 1.82) is 0 Å². The molecule has 2 atom stereocenters. The van der Waals surface area contributed by atoms with Gasteiger partial charge in [0.05, 0.1) is 26.2 Å². The van der Waals surface area contributed by atoms with Crippen molar-refractivity contribution in [1.82, 2.24) is 4.31 Å². The highest BCUT2D eigenvalue weighted by molar-refractivity contribution is 7.89. The summed E-state index contributed by atoms with van der Waals surface area (Å²) in [5.41, 5.74) is 0.439. The average molecular weight is 499 g/mol. The number of hydrogen-bond acceptors (Lipinski definition) is 5. The molecule has 1 N–H and O–H groups in total. The molecule has 0 aliphatic carbocycles. The van der Waals surface area contributed by atoms with Crippen molar-refractivity contribution in [2.75, 3.05) is 25.0 Å². The van der Waals surface area contributed by atoms with E-state index in [9.17, 15) is 18.0 Å². The molecule has 1 heterocycles. The first-order valence-corrected chi connectivity index (χ1v) is 12.3. The van der Waals surface area contributed by atoms with E-state index in [-0.39, 0.29) is 32.3 Å². The maximum atomic E-state index is 12.9. The predicted octanol–water partition coefficient (Wildman–Crippen LogP) is 4.46. The van der Waals surface area contributed by atoms with Crippen LogP contribution in [-0.4, -0.2) is 44.3 Å². The standard InChI is InChI=1S/C22H24Cl2N2O5S/c1-14-10-15(2)12-26(11-14)32(29,30)17-8-6-16(7-9-17)22(28)31-13-20(27)25-19-5-3-4-18(23)21(19)24/h3-9,14-15H,10-13H2,1-2H3,(H,25,27)/t14-,15+. The second kappa shape index (κ2) is 10.2. The van der Waals surface area contributed by atoms with Gasteiger partial charge in [0.15, 0.2) is 6.61 Å². The van der Waals surface area contributed by atoms with Crippen LogP contribution in [-0.2, 0) is 19.6 Å². The fraction of sp³-hybridized carbons (Fsp3) is 0.364. The number of carbonyl (C=O) groups is 2. The molecule has 7 nitrogen and oxygen atoms in total. The van der Waals surface area contributed by atoms with Crippen LogP contribution >= 0.6 is 23.2 Å². The largest absolute Gasteiger partial charge is 0.452 e. The van der Waals surface area contributed by atoms with Crippen LogP contribution < -0.4 is 5.32 Å². The van der Waals surface area contributed by atoms with Crippen molar-refractivity contribution in [2.45, 2.75) is 25.2 Å². The number of halogens is 2. The lowest BCUT2D eigenvalue weighted by molar-refractivity contribution is -0.119. The summed E-state index contributed by atoms with van der Waals surface area (Å²) in [6.07, 6.45) is 0.994. The highest BCUT2D eigenvalue weighted by atomic mass is 35.5. The molecule has 0 unspecified atom stereocenters. The Bertz CT molecular complexity index is 1100. The number of nitrogens with one attached hydrogen (secondary N) is 1. The van der Waals surface area contributed by atoms with E-state index in [0.29, 0.717) is 18.8 Å². The van der Waals surface area contributed by atoms with Crippen LogP contribution in [0.1, 0.15) is 30.6 Å². The van der Waals surface area contributed by atoms with Gasteiger partial charge in [-0.05, 0) is 54.7 Å². The number of rotatable bonds is 6. The van der Waals surface area contributed by atoms with Gasteiger partial charge in [0.1, 0.15) is 0 Å².